The summed E-state index contributed by atoms with van der Waals surface area (Å²) in [7, 11) is 0. The lowest BCUT2D eigenvalue weighted by Crippen LogP contribution is -2.32. The van der Waals surface area contributed by atoms with Crippen molar-refractivity contribution in [1.82, 2.24) is 10.3 Å². The number of hydrogen-bond acceptors (Lipinski definition) is 3. The van der Waals surface area contributed by atoms with Crippen LogP contribution in [0, 0.1) is 6.92 Å². The number of pyridine rings is 1. The van der Waals surface area contributed by atoms with Crippen LogP contribution in [0.15, 0.2) is 18.2 Å². The molecule has 74 valence electrons. The van der Waals surface area contributed by atoms with E-state index in [-0.39, 0.29) is 5.11 Å². The van der Waals surface area contributed by atoms with Crippen molar-refractivity contribution in [2.75, 3.05) is 5.32 Å². The molecule has 1 amide bonds. The molecule has 14 heavy (non-hydrogen) atoms. The lowest BCUT2D eigenvalue weighted by atomic mass is 10.4. The zero-order valence-electron chi connectivity index (χ0n) is 7.44. The van der Waals surface area contributed by atoms with Gasteiger partial charge in [0.15, 0.2) is 5.11 Å². The second-order valence-electron chi connectivity index (χ2n) is 2.55. The van der Waals surface area contributed by atoms with E-state index in [0.717, 1.165) is 5.69 Å². The Hall–Kier alpha value is -1.69. The Morgan fingerprint density at radius 3 is 2.86 bits per heavy atom. The van der Waals surface area contributed by atoms with E-state index < -0.39 is 6.09 Å². The lowest BCUT2D eigenvalue weighted by molar-refractivity contribution is 0.200. The van der Waals surface area contributed by atoms with Crippen LogP contribution in [0.25, 0.3) is 0 Å². The highest BCUT2D eigenvalue weighted by molar-refractivity contribution is 7.80. The van der Waals surface area contributed by atoms with Gasteiger partial charge >= 0.3 is 6.09 Å². The number of nitrogens with one attached hydrogen (secondary N) is 2. The highest BCUT2D eigenvalue weighted by Gasteiger charge is 2.01. The van der Waals surface area contributed by atoms with Gasteiger partial charge in [0.25, 0.3) is 0 Å². The Bertz CT molecular complexity index is 367. The Morgan fingerprint density at radius 2 is 2.29 bits per heavy atom. The minimum Gasteiger partial charge on any atom is -0.465 e. The molecule has 0 bridgehead atoms. The van der Waals surface area contributed by atoms with Gasteiger partial charge in [-0.1, -0.05) is 6.07 Å². The fourth-order valence-electron chi connectivity index (χ4n) is 0.857. The van der Waals surface area contributed by atoms with Crippen molar-refractivity contribution in [2.24, 2.45) is 0 Å². The van der Waals surface area contributed by atoms with Gasteiger partial charge in [-0.15, -0.1) is 0 Å². The number of amides is 1. The monoisotopic (exact) mass is 211 g/mol. The minimum atomic E-state index is -1.20. The van der Waals surface area contributed by atoms with Crippen LogP contribution in [0.3, 0.4) is 0 Å². The van der Waals surface area contributed by atoms with E-state index in [9.17, 15) is 4.79 Å². The summed E-state index contributed by atoms with van der Waals surface area (Å²) < 4.78 is 0. The Labute approximate surface area is 86.2 Å². The van der Waals surface area contributed by atoms with Crippen molar-refractivity contribution in [3.8, 4) is 0 Å². The second-order valence-corrected chi connectivity index (χ2v) is 2.96. The molecule has 0 aliphatic heterocycles. The average Bonchev–Trinajstić information content (AvgIpc) is 2.01. The number of nitrogens with zero attached hydrogens (tertiary/aromatic N) is 1. The molecule has 6 heteroatoms. The zero-order chi connectivity index (χ0) is 10.6. The maximum Gasteiger partial charge on any atom is 0.410 e. The van der Waals surface area contributed by atoms with Gasteiger partial charge in [0, 0.05) is 5.69 Å². The summed E-state index contributed by atoms with van der Waals surface area (Å²) in [6.07, 6.45) is -1.20. The first-order valence-corrected chi connectivity index (χ1v) is 4.23. The van der Waals surface area contributed by atoms with Gasteiger partial charge in [0.05, 0.1) is 0 Å². The van der Waals surface area contributed by atoms with E-state index in [4.69, 9.17) is 17.3 Å². The lowest BCUT2D eigenvalue weighted by Gasteiger charge is -2.06. The third-order valence-electron chi connectivity index (χ3n) is 1.35. The minimum absolute atomic E-state index is 0.00981. The van der Waals surface area contributed by atoms with Crippen LogP contribution in [0.5, 0.6) is 0 Å². The molecule has 1 aromatic rings. The Balaban J connectivity index is 2.60. The molecule has 0 saturated heterocycles. The van der Waals surface area contributed by atoms with Crippen molar-refractivity contribution in [3.05, 3.63) is 23.9 Å². The number of carbonyl (C=O) groups is 1. The topological polar surface area (TPSA) is 74.2 Å². The summed E-state index contributed by atoms with van der Waals surface area (Å²) in [5.74, 6) is 0.517. The Morgan fingerprint density at radius 1 is 1.57 bits per heavy atom. The van der Waals surface area contributed by atoms with Crippen LogP contribution in [0.1, 0.15) is 5.69 Å². The number of carboxylic acid groups (broad SMARTS) is 1. The SMILES string of the molecule is Cc1cccc(NC(=S)NC(=O)O)n1. The summed E-state index contributed by atoms with van der Waals surface area (Å²) in [6, 6.07) is 5.33. The van der Waals surface area contributed by atoms with E-state index in [0.29, 0.717) is 5.82 Å². The van der Waals surface area contributed by atoms with Crippen molar-refractivity contribution < 1.29 is 9.90 Å². The summed E-state index contributed by atoms with van der Waals surface area (Å²) in [6.45, 7) is 1.83. The Kier molecular flexibility index (Phi) is 3.35. The number of anilines is 1. The first-order chi connectivity index (χ1) is 6.58. The predicted octanol–water partition coefficient (Wildman–Crippen LogP) is 1.35. The normalized spacial score (nSPS) is 9.21. The highest BCUT2D eigenvalue weighted by Crippen LogP contribution is 2.02. The molecule has 5 nitrogen and oxygen atoms in total. The van der Waals surface area contributed by atoms with Gasteiger partial charge in [-0.05, 0) is 31.3 Å². The molecule has 0 unspecified atom stereocenters. The summed E-state index contributed by atoms with van der Waals surface area (Å²) >= 11 is 4.71. The third-order valence-corrected chi connectivity index (χ3v) is 1.55. The van der Waals surface area contributed by atoms with Gasteiger partial charge in [-0.25, -0.2) is 9.78 Å². The van der Waals surface area contributed by atoms with E-state index >= 15 is 0 Å². The summed E-state index contributed by atoms with van der Waals surface area (Å²) in [4.78, 5) is 14.3. The van der Waals surface area contributed by atoms with E-state index in [1.807, 2.05) is 18.3 Å². The maximum absolute atomic E-state index is 10.2. The van der Waals surface area contributed by atoms with Gasteiger partial charge in [-0.2, -0.15) is 0 Å². The average molecular weight is 211 g/mol. The van der Waals surface area contributed by atoms with E-state index in [1.54, 1.807) is 12.1 Å². The molecular weight excluding hydrogens is 202 g/mol. The van der Waals surface area contributed by atoms with E-state index in [2.05, 4.69) is 10.3 Å². The fraction of sp³-hybridized carbons (Fsp3) is 0.125. The molecule has 0 aliphatic rings. The van der Waals surface area contributed by atoms with Crippen molar-refractivity contribution in [3.63, 3.8) is 0 Å². The number of thiocarbonyl (C=S) groups is 1. The molecule has 1 rings (SSSR count). The molecule has 0 aromatic carbocycles. The molecular formula is C8H9N3O2S. The van der Waals surface area contributed by atoms with Crippen LogP contribution in [0.4, 0.5) is 10.6 Å². The van der Waals surface area contributed by atoms with Crippen molar-refractivity contribution in [1.29, 1.82) is 0 Å². The van der Waals surface area contributed by atoms with Crippen molar-refractivity contribution in [2.45, 2.75) is 6.92 Å². The smallest absolute Gasteiger partial charge is 0.410 e. The molecule has 0 fully saturated rings. The predicted molar refractivity (Wildman–Crippen MR) is 56.4 cm³/mol. The standard InChI is InChI=1S/C8H9N3O2S/c1-5-3-2-4-6(9-5)10-7(14)11-8(12)13/h2-4H,1H3,(H,12,13)(H2,9,10,11,14). The van der Waals surface area contributed by atoms with Crippen LogP contribution in [-0.4, -0.2) is 21.3 Å². The number of aryl methyl sites for hydroxylation is 1. The molecule has 0 spiro atoms. The van der Waals surface area contributed by atoms with Crippen LogP contribution in [-0.2, 0) is 0 Å². The summed E-state index contributed by atoms with van der Waals surface area (Å²) in [5, 5.41) is 13.0. The molecule has 0 aliphatic carbocycles. The van der Waals surface area contributed by atoms with Crippen LogP contribution >= 0.6 is 12.2 Å². The van der Waals surface area contributed by atoms with Crippen molar-refractivity contribution >= 4 is 29.2 Å². The first kappa shape index (κ1) is 10.4. The van der Waals surface area contributed by atoms with E-state index in [1.165, 1.54) is 0 Å². The molecule has 1 aromatic heterocycles. The molecule has 0 radical (unpaired) electrons. The van der Waals surface area contributed by atoms with Crippen LogP contribution < -0.4 is 10.6 Å². The highest BCUT2D eigenvalue weighted by atomic mass is 32.1. The number of hydrogen-bond donors (Lipinski definition) is 3. The largest absolute Gasteiger partial charge is 0.465 e. The van der Waals surface area contributed by atoms with Gasteiger partial charge in [0.1, 0.15) is 5.82 Å². The van der Waals surface area contributed by atoms with Gasteiger partial charge in [0.2, 0.25) is 0 Å². The molecule has 3 N–H and O–H groups in total. The summed E-state index contributed by atoms with van der Waals surface area (Å²) in [5.41, 5.74) is 0.827. The molecule has 1 heterocycles. The first-order valence-electron chi connectivity index (χ1n) is 3.82. The van der Waals surface area contributed by atoms with Gasteiger partial charge < -0.3 is 10.4 Å². The quantitative estimate of drug-likeness (QED) is 0.611. The molecule has 0 saturated carbocycles. The number of rotatable bonds is 1. The molecule has 0 atom stereocenters. The second kappa shape index (κ2) is 4.52. The van der Waals surface area contributed by atoms with Crippen LogP contribution in [0.2, 0.25) is 0 Å². The number of aromatic nitrogens is 1. The fourth-order valence-corrected chi connectivity index (χ4v) is 1.05. The van der Waals surface area contributed by atoms with Gasteiger partial charge in [-0.3, -0.25) is 5.32 Å². The maximum atomic E-state index is 10.2. The zero-order valence-corrected chi connectivity index (χ0v) is 8.26. The third kappa shape index (κ3) is 3.36.